The molecule has 2 fully saturated rings. The average Bonchev–Trinajstić information content (AvgIpc) is 3.24. The number of amides is 1. The second-order valence-electron chi connectivity index (χ2n) is 8.46. The molecule has 0 atom stereocenters. The number of nitrogens with zero attached hydrogens (tertiary/aromatic N) is 3. The largest absolute Gasteiger partial charge is 0.350 e. The molecule has 0 spiro atoms. The van der Waals surface area contributed by atoms with Crippen molar-refractivity contribution in [2.24, 2.45) is 0 Å². The molecule has 1 saturated heterocycles. The van der Waals surface area contributed by atoms with Crippen LogP contribution in [0.25, 0.3) is 0 Å². The third kappa shape index (κ3) is 4.98. The number of hydrogen-bond donors (Lipinski definition) is 2. The molecule has 1 aliphatic carbocycles. The van der Waals surface area contributed by atoms with E-state index in [0.29, 0.717) is 18.3 Å². The molecule has 0 radical (unpaired) electrons. The van der Waals surface area contributed by atoms with E-state index < -0.39 is 0 Å². The number of hydrogen-bond acceptors (Lipinski definition) is 4. The van der Waals surface area contributed by atoms with Crippen LogP contribution in [-0.4, -0.2) is 40.5 Å². The van der Waals surface area contributed by atoms with Crippen molar-refractivity contribution in [3.8, 4) is 0 Å². The summed E-state index contributed by atoms with van der Waals surface area (Å²) in [5.41, 5.74) is 3.09. The van der Waals surface area contributed by atoms with Crippen LogP contribution >= 0.6 is 12.4 Å². The number of halogens is 1. The van der Waals surface area contributed by atoms with E-state index in [2.05, 4.69) is 52.1 Å². The highest BCUT2D eigenvalue weighted by atomic mass is 35.5. The molecular weight excluding hydrogens is 386 g/mol. The van der Waals surface area contributed by atoms with Crippen LogP contribution in [0.4, 0.5) is 0 Å². The number of aryl methyl sites for hydroxylation is 1. The van der Waals surface area contributed by atoms with E-state index in [9.17, 15) is 4.79 Å². The molecule has 6 nitrogen and oxygen atoms in total. The van der Waals surface area contributed by atoms with Crippen molar-refractivity contribution in [3.63, 3.8) is 0 Å². The van der Waals surface area contributed by atoms with Crippen LogP contribution in [0.15, 0.2) is 30.5 Å². The molecule has 1 aromatic heterocycles. The Bertz CT molecular complexity index is 809. The van der Waals surface area contributed by atoms with E-state index in [4.69, 9.17) is 0 Å². The first-order valence-corrected chi connectivity index (χ1v) is 10.6. The van der Waals surface area contributed by atoms with E-state index in [1.807, 2.05) is 10.9 Å². The van der Waals surface area contributed by atoms with Crippen LogP contribution in [0.3, 0.4) is 0 Å². The zero-order chi connectivity index (χ0) is 19.4. The van der Waals surface area contributed by atoms with E-state index in [0.717, 1.165) is 38.8 Å². The smallest absolute Gasteiger partial charge is 0.273 e. The van der Waals surface area contributed by atoms with Gasteiger partial charge in [-0.05, 0) is 51.3 Å². The normalized spacial score (nSPS) is 19.3. The van der Waals surface area contributed by atoms with Gasteiger partial charge in [0.15, 0.2) is 5.69 Å². The van der Waals surface area contributed by atoms with Gasteiger partial charge >= 0.3 is 0 Å². The molecule has 0 unspecified atom stereocenters. The molecule has 1 amide bonds. The van der Waals surface area contributed by atoms with Crippen molar-refractivity contribution in [2.75, 3.05) is 19.6 Å². The van der Waals surface area contributed by atoms with Crippen molar-refractivity contribution < 1.29 is 4.79 Å². The van der Waals surface area contributed by atoms with Gasteiger partial charge in [-0.3, -0.25) is 4.79 Å². The molecular formula is C22H32ClN5O. The summed E-state index contributed by atoms with van der Waals surface area (Å²) in [4.78, 5) is 12.8. The lowest BCUT2D eigenvalue weighted by molar-refractivity contribution is 0.0931. The van der Waals surface area contributed by atoms with Crippen LogP contribution in [0, 0.1) is 6.92 Å². The maximum Gasteiger partial charge on any atom is 0.273 e. The fraction of sp³-hybridized carbons (Fsp3) is 0.591. The minimum atomic E-state index is -0.113. The number of benzene rings is 1. The number of carbonyl (C=O) groups excluding carboxylic acids is 1. The lowest BCUT2D eigenvalue weighted by Crippen LogP contribution is -2.42. The highest BCUT2D eigenvalue weighted by Gasteiger charge is 2.34. The molecule has 7 heteroatoms. The highest BCUT2D eigenvalue weighted by molar-refractivity contribution is 5.91. The number of aromatic nitrogens is 3. The maximum atomic E-state index is 12.8. The van der Waals surface area contributed by atoms with Crippen molar-refractivity contribution >= 4 is 18.3 Å². The number of nitrogens with one attached hydrogen (secondary N) is 2. The minimum absolute atomic E-state index is 0. The molecule has 2 aromatic rings. The first-order valence-electron chi connectivity index (χ1n) is 10.6. The molecule has 2 heterocycles. The van der Waals surface area contributed by atoms with Gasteiger partial charge in [0.25, 0.3) is 5.91 Å². The first-order chi connectivity index (χ1) is 13.7. The molecule has 1 saturated carbocycles. The lowest BCUT2D eigenvalue weighted by Gasteiger charge is -2.38. The summed E-state index contributed by atoms with van der Waals surface area (Å²) in [6.07, 6.45) is 9.84. The van der Waals surface area contributed by atoms with Gasteiger partial charge < -0.3 is 10.6 Å². The lowest BCUT2D eigenvalue weighted by atomic mass is 9.69. The molecule has 158 valence electrons. The summed E-state index contributed by atoms with van der Waals surface area (Å²) in [5, 5.41) is 14.9. The molecule has 2 N–H and O–H groups in total. The summed E-state index contributed by atoms with van der Waals surface area (Å²) < 4.78 is 1.87. The van der Waals surface area contributed by atoms with Crippen LogP contribution in [0.1, 0.15) is 72.6 Å². The van der Waals surface area contributed by atoms with Crippen molar-refractivity contribution in [2.45, 2.75) is 63.3 Å². The molecule has 1 aromatic carbocycles. The Balaban J connectivity index is 0.00000240. The molecule has 4 rings (SSSR count). The van der Waals surface area contributed by atoms with Crippen LogP contribution in [-0.2, 0) is 5.41 Å². The summed E-state index contributed by atoms with van der Waals surface area (Å²) >= 11 is 0. The molecule has 1 aliphatic heterocycles. The molecule has 0 bridgehead atoms. The summed E-state index contributed by atoms with van der Waals surface area (Å²) in [6.45, 7) is 4.78. The van der Waals surface area contributed by atoms with Gasteiger partial charge in [0.05, 0.1) is 12.2 Å². The Labute approximate surface area is 179 Å². The average molecular weight is 418 g/mol. The zero-order valence-corrected chi connectivity index (χ0v) is 18.0. The predicted molar refractivity (Wildman–Crippen MR) is 117 cm³/mol. The minimum Gasteiger partial charge on any atom is -0.350 e. The second-order valence-corrected chi connectivity index (χ2v) is 8.46. The highest BCUT2D eigenvalue weighted by Crippen LogP contribution is 2.39. The monoisotopic (exact) mass is 417 g/mol. The van der Waals surface area contributed by atoms with Crippen LogP contribution in [0.2, 0.25) is 0 Å². The Hall–Kier alpha value is -1.92. The van der Waals surface area contributed by atoms with E-state index in [1.165, 1.54) is 30.4 Å². The SMILES string of the molecule is Cc1cccc(C2(CNC(=O)c3cn(C4CCNCC4)nn3)CCCCC2)c1.Cl. The fourth-order valence-electron chi connectivity index (χ4n) is 4.74. The van der Waals surface area contributed by atoms with Crippen LogP contribution in [0.5, 0.6) is 0 Å². The Morgan fingerprint density at radius 2 is 2.00 bits per heavy atom. The van der Waals surface area contributed by atoms with E-state index in [-0.39, 0.29) is 23.7 Å². The van der Waals surface area contributed by atoms with Crippen molar-refractivity contribution in [1.29, 1.82) is 0 Å². The fourth-order valence-corrected chi connectivity index (χ4v) is 4.74. The molecule has 29 heavy (non-hydrogen) atoms. The second kappa shape index (κ2) is 9.72. The zero-order valence-electron chi connectivity index (χ0n) is 17.2. The van der Waals surface area contributed by atoms with Gasteiger partial charge in [-0.25, -0.2) is 4.68 Å². The van der Waals surface area contributed by atoms with Gasteiger partial charge in [-0.1, -0.05) is 54.3 Å². The topological polar surface area (TPSA) is 71.8 Å². The summed E-state index contributed by atoms with van der Waals surface area (Å²) in [7, 11) is 0. The van der Waals surface area contributed by atoms with E-state index in [1.54, 1.807) is 0 Å². The quantitative estimate of drug-likeness (QED) is 0.780. The summed E-state index contributed by atoms with van der Waals surface area (Å²) in [6, 6.07) is 9.11. The third-order valence-corrected chi connectivity index (χ3v) is 6.45. The van der Waals surface area contributed by atoms with Gasteiger partial charge in [0.2, 0.25) is 0 Å². The third-order valence-electron chi connectivity index (χ3n) is 6.45. The van der Waals surface area contributed by atoms with Crippen molar-refractivity contribution in [3.05, 3.63) is 47.3 Å². The predicted octanol–water partition coefficient (Wildman–Crippen LogP) is 3.56. The van der Waals surface area contributed by atoms with Gasteiger partial charge in [-0.2, -0.15) is 0 Å². The van der Waals surface area contributed by atoms with E-state index >= 15 is 0 Å². The standard InChI is InChI=1S/C22H31N5O.ClH/c1-17-6-5-7-18(14-17)22(10-3-2-4-11-22)16-24-21(28)20-15-27(26-25-20)19-8-12-23-13-9-19;/h5-7,14-15,19,23H,2-4,8-13,16H2,1H3,(H,24,28);1H. The maximum absolute atomic E-state index is 12.8. The Morgan fingerprint density at radius 3 is 2.72 bits per heavy atom. The van der Waals surface area contributed by atoms with Gasteiger partial charge in [0.1, 0.15) is 0 Å². The van der Waals surface area contributed by atoms with Crippen molar-refractivity contribution in [1.82, 2.24) is 25.6 Å². The van der Waals surface area contributed by atoms with Crippen LogP contribution < -0.4 is 10.6 Å². The first kappa shape index (κ1) is 21.8. The number of carbonyl (C=O) groups is 1. The Morgan fingerprint density at radius 1 is 1.24 bits per heavy atom. The number of piperidine rings is 1. The Kier molecular flexibility index (Phi) is 7.30. The molecule has 2 aliphatic rings. The van der Waals surface area contributed by atoms with Gasteiger partial charge in [0, 0.05) is 12.0 Å². The number of rotatable bonds is 5. The summed E-state index contributed by atoms with van der Waals surface area (Å²) in [5.74, 6) is -0.113. The van der Waals surface area contributed by atoms with Gasteiger partial charge in [-0.15, -0.1) is 17.5 Å².